The van der Waals surface area contributed by atoms with E-state index in [-0.39, 0.29) is 11.5 Å². The number of ether oxygens (including phenoxy) is 2. The highest BCUT2D eigenvalue weighted by Gasteiger charge is 2.43. The zero-order valence-corrected chi connectivity index (χ0v) is 23.7. The maximum Gasteiger partial charge on any atom is 0.338 e. The molecular formula is C33H29N3O6. The van der Waals surface area contributed by atoms with Gasteiger partial charge in [-0.05, 0) is 106 Å². The molecular weight excluding hydrogens is 534 g/mol. The first-order valence-electron chi connectivity index (χ1n) is 13.4. The lowest BCUT2D eigenvalue weighted by molar-refractivity contribution is -0.121. The monoisotopic (exact) mass is 563 g/mol. The minimum absolute atomic E-state index is 0.00158. The SMILES string of the molecule is CCOC(=O)c1ccc(-n2c(C)cc(C=C3C(=O)N(c4ccc(C)cc4)N(c4ccc(OC=O)cc4)C3=O)c2C)cc1. The molecule has 9 nitrogen and oxygen atoms in total. The Hall–Kier alpha value is -5.44. The summed E-state index contributed by atoms with van der Waals surface area (Å²) in [6.45, 7) is 8.16. The lowest BCUT2D eigenvalue weighted by atomic mass is 10.1. The Labute approximate surface area is 243 Å². The first-order valence-corrected chi connectivity index (χ1v) is 13.4. The third kappa shape index (κ3) is 5.19. The van der Waals surface area contributed by atoms with Gasteiger partial charge in [-0.25, -0.2) is 14.8 Å². The number of hydrazine groups is 1. The third-order valence-corrected chi connectivity index (χ3v) is 7.00. The first-order chi connectivity index (χ1) is 20.2. The lowest BCUT2D eigenvalue weighted by Gasteiger charge is -2.27. The molecule has 9 heteroatoms. The highest BCUT2D eigenvalue weighted by molar-refractivity contribution is 6.38. The van der Waals surface area contributed by atoms with E-state index in [9.17, 15) is 19.2 Å². The van der Waals surface area contributed by atoms with Crippen LogP contribution in [0.3, 0.4) is 0 Å². The molecule has 1 aliphatic rings. The van der Waals surface area contributed by atoms with Crippen molar-refractivity contribution in [3.63, 3.8) is 0 Å². The van der Waals surface area contributed by atoms with Crippen LogP contribution in [0.5, 0.6) is 5.75 Å². The zero-order chi connectivity index (χ0) is 30.0. The number of carbonyl (C=O) groups is 4. The fourth-order valence-electron chi connectivity index (χ4n) is 4.95. The number of aryl methyl sites for hydroxylation is 2. The number of carbonyl (C=O) groups excluding carboxylic acids is 4. The molecule has 0 radical (unpaired) electrons. The molecule has 3 aromatic carbocycles. The van der Waals surface area contributed by atoms with Gasteiger partial charge in [-0.15, -0.1) is 0 Å². The number of anilines is 2. The minimum Gasteiger partial charge on any atom is -0.462 e. The van der Waals surface area contributed by atoms with Crippen LogP contribution in [0, 0.1) is 20.8 Å². The van der Waals surface area contributed by atoms with Crippen LogP contribution in [0.1, 0.15) is 39.8 Å². The van der Waals surface area contributed by atoms with E-state index in [0.717, 1.165) is 22.6 Å². The second kappa shape index (κ2) is 11.6. The van der Waals surface area contributed by atoms with Crippen LogP contribution >= 0.6 is 0 Å². The van der Waals surface area contributed by atoms with E-state index in [0.29, 0.717) is 41.3 Å². The molecule has 2 amide bonds. The molecule has 0 atom stereocenters. The largest absolute Gasteiger partial charge is 0.462 e. The molecule has 5 rings (SSSR count). The fourth-order valence-corrected chi connectivity index (χ4v) is 4.95. The second-order valence-electron chi connectivity index (χ2n) is 9.76. The molecule has 0 aliphatic carbocycles. The fraction of sp³-hybridized carbons (Fsp3) is 0.152. The highest BCUT2D eigenvalue weighted by atomic mass is 16.5. The van der Waals surface area contributed by atoms with Gasteiger partial charge in [-0.2, -0.15) is 0 Å². The number of aromatic nitrogens is 1. The molecule has 42 heavy (non-hydrogen) atoms. The molecule has 0 spiro atoms. The van der Waals surface area contributed by atoms with E-state index >= 15 is 0 Å². The molecule has 1 saturated heterocycles. The van der Waals surface area contributed by atoms with Gasteiger partial charge in [-0.3, -0.25) is 14.4 Å². The average Bonchev–Trinajstić information content (AvgIpc) is 3.40. The maximum absolute atomic E-state index is 13.9. The standard InChI is InChI=1S/C33H29N3O6/c1-5-41-33(40)24-8-12-26(13-9-24)34-22(3)18-25(23(34)4)19-30-31(38)35(27-10-6-21(2)7-11-27)36(32(30)39)28-14-16-29(17-15-28)42-20-37/h6-20H,5H2,1-4H3. The Morgan fingerprint density at radius 2 is 1.33 bits per heavy atom. The summed E-state index contributed by atoms with van der Waals surface area (Å²) in [6, 6.07) is 22.6. The molecule has 2 heterocycles. The van der Waals surface area contributed by atoms with E-state index in [2.05, 4.69) is 0 Å². The summed E-state index contributed by atoms with van der Waals surface area (Å²) in [5, 5.41) is 2.66. The van der Waals surface area contributed by atoms with E-state index in [1.165, 1.54) is 10.0 Å². The predicted molar refractivity (Wildman–Crippen MR) is 158 cm³/mol. The van der Waals surface area contributed by atoms with Crippen molar-refractivity contribution in [2.24, 2.45) is 0 Å². The second-order valence-corrected chi connectivity index (χ2v) is 9.76. The van der Waals surface area contributed by atoms with Gasteiger partial charge in [0.05, 0.1) is 23.5 Å². The van der Waals surface area contributed by atoms with Crippen LogP contribution in [-0.4, -0.2) is 35.4 Å². The summed E-state index contributed by atoms with van der Waals surface area (Å²) in [4.78, 5) is 50.5. The number of rotatable bonds is 8. The van der Waals surface area contributed by atoms with Crippen LogP contribution < -0.4 is 14.8 Å². The topological polar surface area (TPSA) is 98.2 Å². The molecule has 1 aromatic heterocycles. The number of hydrogen-bond acceptors (Lipinski definition) is 6. The number of nitrogens with zero attached hydrogens (tertiary/aromatic N) is 3. The predicted octanol–water partition coefficient (Wildman–Crippen LogP) is 5.49. The Morgan fingerprint density at radius 3 is 1.88 bits per heavy atom. The number of hydrogen-bond donors (Lipinski definition) is 0. The van der Waals surface area contributed by atoms with Gasteiger partial charge in [0.2, 0.25) is 0 Å². The first kappa shape index (κ1) is 28.1. The van der Waals surface area contributed by atoms with Crippen LogP contribution in [0.4, 0.5) is 11.4 Å². The van der Waals surface area contributed by atoms with Crippen molar-refractivity contribution in [3.05, 3.63) is 113 Å². The van der Waals surface area contributed by atoms with Crippen molar-refractivity contribution in [1.82, 2.24) is 4.57 Å². The highest BCUT2D eigenvalue weighted by Crippen LogP contribution is 2.34. The number of esters is 1. The summed E-state index contributed by atoms with van der Waals surface area (Å²) >= 11 is 0. The Morgan fingerprint density at radius 1 is 0.786 bits per heavy atom. The summed E-state index contributed by atoms with van der Waals surface area (Å²) in [6.07, 6.45) is 1.61. The van der Waals surface area contributed by atoms with Crippen molar-refractivity contribution in [2.75, 3.05) is 16.6 Å². The molecule has 1 aliphatic heterocycles. The molecule has 1 fully saturated rings. The zero-order valence-electron chi connectivity index (χ0n) is 23.7. The summed E-state index contributed by atoms with van der Waals surface area (Å²) in [5.74, 6) is -1.04. The van der Waals surface area contributed by atoms with Gasteiger partial charge in [0, 0.05) is 17.1 Å². The Kier molecular flexibility index (Phi) is 7.75. The number of amides is 2. The summed E-state index contributed by atoms with van der Waals surface area (Å²) in [5.41, 5.74) is 5.67. The van der Waals surface area contributed by atoms with E-state index < -0.39 is 11.8 Å². The van der Waals surface area contributed by atoms with Gasteiger partial charge < -0.3 is 14.0 Å². The van der Waals surface area contributed by atoms with Crippen LogP contribution in [0.25, 0.3) is 11.8 Å². The van der Waals surface area contributed by atoms with Crippen molar-refractivity contribution in [2.45, 2.75) is 27.7 Å². The van der Waals surface area contributed by atoms with Gasteiger partial charge in [-0.1, -0.05) is 17.7 Å². The van der Waals surface area contributed by atoms with Crippen molar-refractivity contribution in [1.29, 1.82) is 0 Å². The van der Waals surface area contributed by atoms with E-state index in [1.54, 1.807) is 61.5 Å². The van der Waals surface area contributed by atoms with Crippen molar-refractivity contribution in [3.8, 4) is 11.4 Å². The molecule has 212 valence electrons. The van der Waals surface area contributed by atoms with Crippen LogP contribution in [-0.2, 0) is 19.1 Å². The summed E-state index contributed by atoms with van der Waals surface area (Å²) in [7, 11) is 0. The molecule has 0 saturated carbocycles. The van der Waals surface area contributed by atoms with Crippen LogP contribution in [0.15, 0.2) is 84.4 Å². The smallest absolute Gasteiger partial charge is 0.338 e. The Bertz CT molecular complexity index is 1700. The molecule has 0 unspecified atom stereocenters. The van der Waals surface area contributed by atoms with Crippen molar-refractivity contribution < 1.29 is 28.7 Å². The lowest BCUT2D eigenvalue weighted by Crippen LogP contribution is -2.41. The van der Waals surface area contributed by atoms with Crippen molar-refractivity contribution >= 4 is 41.7 Å². The number of benzene rings is 3. The Balaban J connectivity index is 1.54. The average molecular weight is 564 g/mol. The van der Waals surface area contributed by atoms with Gasteiger partial charge in [0.15, 0.2) is 0 Å². The van der Waals surface area contributed by atoms with E-state index in [4.69, 9.17) is 9.47 Å². The van der Waals surface area contributed by atoms with Gasteiger partial charge in [0.1, 0.15) is 11.3 Å². The quantitative estimate of drug-likeness (QED) is 0.122. The van der Waals surface area contributed by atoms with Gasteiger partial charge in [0.25, 0.3) is 18.3 Å². The maximum atomic E-state index is 13.9. The normalized spacial score (nSPS) is 14.0. The minimum atomic E-state index is -0.492. The van der Waals surface area contributed by atoms with Crippen LogP contribution in [0.2, 0.25) is 0 Å². The van der Waals surface area contributed by atoms with E-state index in [1.807, 2.05) is 55.7 Å². The third-order valence-electron chi connectivity index (χ3n) is 7.00. The summed E-state index contributed by atoms with van der Waals surface area (Å²) < 4.78 is 12.0. The molecule has 4 aromatic rings. The molecule has 0 N–H and O–H groups in total. The van der Waals surface area contributed by atoms with Gasteiger partial charge >= 0.3 is 5.97 Å². The molecule has 0 bridgehead atoms.